The summed E-state index contributed by atoms with van der Waals surface area (Å²) >= 11 is 0. The van der Waals surface area contributed by atoms with Crippen molar-refractivity contribution in [2.45, 2.75) is 0 Å². The molecule has 1 aromatic heterocycles. The van der Waals surface area contributed by atoms with E-state index >= 15 is 0 Å². The fraction of sp³-hybridized carbons (Fsp3) is 0.118. The molecule has 6 nitrogen and oxygen atoms in total. The van der Waals surface area contributed by atoms with Gasteiger partial charge in [0.2, 0.25) is 10.0 Å². The standard InChI is InChI=1S/C17H16N2O4S/c1-19(24(2,22)23)16-14(11-7-4-3-5-8-11)12-9-6-10-13(17(20)21)15(12)18-16/h3-10,18H,1-2H3,(H,20,21). The van der Waals surface area contributed by atoms with Gasteiger partial charge in [-0.3, -0.25) is 4.31 Å². The average Bonchev–Trinajstić information content (AvgIpc) is 2.92. The first kappa shape index (κ1) is 16.1. The molecule has 3 aromatic rings. The first-order valence-corrected chi connectivity index (χ1v) is 9.03. The van der Waals surface area contributed by atoms with Gasteiger partial charge in [0, 0.05) is 18.0 Å². The van der Waals surface area contributed by atoms with E-state index in [1.807, 2.05) is 30.3 Å². The van der Waals surface area contributed by atoms with Gasteiger partial charge in [0.05, 0.1) is 17.3 Å². The second-order valence-electron chi connectivity index (χ2n) is 5.48. The molecule has 0 radical (unpaired) electrons. The minimum absolute atomic E-state index is 0.0952. The molecule has 7 heteroatoms. The quantitative estimate of drug-likeness (QED) is 0.761. The molecule has 2 N–H and O–H groups in total. The summed E-state index contributed by atoms with van der Waals surface area (Å²) in [5.41, 5.74) is 1.95. The van der Waals surface area contributed by atoms with Crippen LogP contribution in [0.2, 0.25) is 0 Å². The molecule has 124 valence electrons. The molecule has 0 aliphatic rings. The molecule has 0 aliphatic heterocycles. The lowest BCUT2D eigenvalue weighted by atomic mass is 10.0. The molecule has 0 aliphatic carbocycles. The van der Waals surface area contributed by atoms with Crippen molar-refractivity contribution in [1.82, 2.24) is 4.98 Å². The third-order valence-corrected chi connectivity index (χ3v) is 5.10. The number of fused-ring (bicyclic) bond motifs is 1. The highest BCUT2D eigenvalue weighted by Gasteiger charge is 2.23. The summed E-state index contributed by atoms with van der Waals surface area (Å²) in [5.74, 6) is -0.734. The fourth-order valence-corrected chi connectivity index (χ4v) is 3.15. The number of carboxylic acids is 1. The van der Waals surface area contributed by atoms with E-state index < -0.39 is 16.0 Å². The molecule has 3 rings (SSSR count). The molecule has 0 saturated heterocycles. The number of carboxylic acid groups (broad SMARTS) is 1. The number of nitrogens with one attached hydrogen (secondary N) is 1. The van der Waals surface area contributed by atoms with Gasteiger partial charge in [-0.2, -0.15) is 0 Å². The van der Waals surface area contributed by atoms with Crippen LogP contribution in [0.15, 0.2) is 48.5 Å². The van der Waals surface area contributed by atoms with Crippen LogP contribution < -0.4 is 4.31 Å². The number of benzene rings is 2. The SMILES string of the molecule is CN(c1[nH]c2c(C(=O)O)cccc2c1-c1ccccc1)S(C)(=O)=O. The van der Waals surface area contributed by atoms with E-state index in [1.165, 1.54) is 13.1 Å². The van der Waals surface area contributed by atoms with E-state index in [0.29, 0.717) is 22.3 Å². The minimum atomic E-state index is -3.51. The molecule has 0 spiro atoms. The van der Waals surface area contributed by atoms with Gasteiger partial charge in [-0.05, 0) is 11.6 Å². The number of sulfonamides is 1. The van der Waals surface area contributed by atoms with Crippen LogP contribution in [0.3, 0.4) is 0 Å². The van der Waals surface area contributed by atoms with Gasteiger partial charge in [0.1, 0.15) is 5.82 Å². The largest absolute Gasteiger partial charge is 0.478 e. The highest BCUT2D eigenvalue weighted by Crippen LogP contribution is 2.39. The number of aromatic nitrogens is 1. The predicted octanol–water partition coefficient (Wildman–Crippen LogP) is 2.93. The molecular formula is C17H16N2O4S. The van der Waals surface area contributed by atoms with E-state index in [1.54, 1.807) is 12.1 Å². The molecule has 1 heterocycles. The van der Waals surface area contributed by atoms with Crippen molar-refractivity contribution in [1.29, 1.82) is 0 Å². The molecule has 24 heavy (non-hydrogen) atoms. The molecule has 0 amide bonds. The zero-order chi connectivity index (χ0) is 17.5. The van der Waals surface area contributed by atoms with Gasteiger partial charge in [-0.1, -0.05) is 42.5 Å². The molecule has 0 fully saturated rings. The summed E-state index contributed by atoms with van der Waals surface area (Å²) in [6, 6.07) is 14.2. The Morgan fingerprint density at radius 1 is 1.08 bits per heavy atom. The van der Waals surface area contributed by atoms with Crippen LogP contribution in [0.5, 0.6) is 0 Å². The third kappa shape index (κ3) is 2.63. The van der Waals surface area contributed by atoms with Crippen LogP contribution in [0, 0.1) is 0 Å². The molecule has 0 bridgehead atoms. The number of rotatable bonds is 4. The minimum Gasteiger partial charge on any atom is -0.478 e. The Labute approximate surface area is 139 Å². The van der Waals surface area contributed by atoms with Crippen molar-refractivity contribution in [3.63, 3.8) is 0 Å². The van der Waals surface area contributed by atoms with Crippen LogP contribution in [-0.2, 0) is 10.0 Å². The van der Waals surface area contributed by atoms with Gasteiger partial charge in [-0.25, -0.2) is 13.2 Å². The Balaban J connectivity index is 2.42. The van der Waals surface area contributed by atoms with Crippen molar-refractivity contribution in [3.8, 4) is 11.1 Å². The highest BCUT2D eigenvalue weighted by atomic mass is 32.2. The zero-order valence-corrected chi connectivity index (χ0v) is 14.0. The Bertz CT molecular complexity index is 1020. The monoisotopic (exact) mass is 344 g/mol. The van der Waals surface area contributed by atoms with E-state index in [9.17, 15) is 18.3 Å². The fourth-order valence-electron chi connectivity index (χ4n) is 2.68. The van der Waals surface area contributed by atoms with Crippen LogP contribution in [0.4, 0.5) is 5.82 Å². The maximum Gasteiger partial charge on any atom is 0.337 e. The smallest absolute Gasteiger partial charge is 0.337 e. The van der Waals surface area contributed by atoms with Crippen molar-refractivity contribution in [2.75, 3.05) is 17.6 Å². The van der Waals surface area contributed by atoms with Gasteiger partial charge < -0.3 is 10.1 Å². The Kier molecular flexibility index (Phi) is 3.81. The summed E-state index contributed by atoms with van der Waals surface area (Å²) < 4.78 is 25.1. The Hall–Kier alpha value is -2.80. The van der Waals surface area contributed by atoms with Gasteiger partial charge in [0.25, 0.3) is 0 Å². The first-order chi connectivity index (χ1) is 11.3. The number of nitrogens with zero attached hydrogens (tertiary/aromatic N) is 1. The summed E-state index contributed by atoms with van der Waals surface area (Å²) in [5, 5.41) is 10.1. The van der Waals surface area contributed by atoms with Crippen LogP contribution in [0.1, 0.15) is 10.4 Å². The summed E-state index contributed by atoms with van der Waals surface area (Å²) in [7, 11) is -2.08. The molecule has 0 saturated carbocycles. The maximum atomic E-state index is 12.0. The van der Waals surface area contributed by atoms with Gasteiger partial charge in [-0.15, -0.1) is 0 Å². The summed E-state index contributed by atoms with van der Waals surface area (Å²) in [6.45, 7) is 0. The zero-order valence-electron chi connectivity index (χ0n) is 13.1. The molecule has 0 unspecified atom stereocenters. The topological polar surface area (TPSA) is 90.5 Å². The third-order valence-electron chi connectivity index (χ3n) is 3.92. The van der Waals surface area contributed by atoms with Crippen molar-refractivity contribution in [3.05, 3.63) is 54.1 Å². The lowest BCUT2D eigenvalue weighted by Gasteiger charge is -2.17. The maximum absolute atomic E-state index is 12.0. The van der Waals surface area contributed by atoms with E-state index in [0.717, 1.165) is 16.1 Å². The van der Waals surface area contributed by atoms with Crippen molar-refractivity contribution < 1.29 is 18.3 Å². The van der Waals surface area contributed by atoms with Crippen LogP contribution in [-0.4, -0.2) is 37.8 Å². The number of hydrogen-bond donors (Lipinski definition) is 2. The molecular weight excluding hydrogens is 328 g/mol. The number of para-hydroxylation sites is 1. The highest BCUT2D eigenvalue weighted by molar-refractivity contribution is 7.92. The number of anilines is 1. The van der Waals surface area contributed by atoms with Crippen LogP contribution >= 0.6 is 0 Å². The van der Waals surface area contributed by atoms with Gasteiger partial charge >= 0.3 is 5.97 Å². The number of H-pyrrole nitrogens is 1. The lowest BCUT2D eigenvalue weighted by molar-refractivity contribution is 0.0699. The first-order valence-electron chi connectivity index (χ1n) is 7.18. The number of carbonyl (C=O) groups is 1. The second-order valence-corrected chi connectivity index (χ2v) is 7.49. The molecule has 2 aromatic carbocycles. The van der Waals surface area contributed by atoms with E-state index in [4.69, 9.17) is 0 Å². The van der Waals surface area contributed by atoms with Crippen molar-refractivity contribution in [2.24, 2.45) is 0 Å². The normalized spacial score (nSPS) is 11.6. The second kappa shape index (κ2) is 5.68. The summed E-state index contributed by atoms with van der Waals surface area (Å²) in [4.78, 5) is 14.5. The Morgan fingerprint density at radius 3 is 2.33 bits per heavy atom. The van der Waals surface area contributed by atoms with Crippen LogP contribution in [0.25, 0.3) is 22.0 Å². The van der Waals surface area contributed by atoms with E-state index in [2.05, 4.69) is 4.98 Å². The summed E-state index contributed by atoms with van der Waals surface area (Å²) in [6.07, 6.45) is 1.10. The predicted molar refractivity (Wildman–Crippen MR) is 93.9 cm³/mol. The molecule has 0 atom stereocenters. The number of aromatic amines is 1. The average molecular weight is 344 g/mol. The van der Waals surface area contributed by atoms with Crippen molar-refractivity contribution >= 4 is 32.7 Å². The number of aromatic carboxylic acids is 1. The Morgan fingerprint density at radius 2 is 1.75 bits per heavy atom. The number of hydrogen-bond acceptors (Lipinski definition) is 3. The van der Waals surface area contributed by atoms with Gasteiger partial charge in [0.15, 0.2) is 0 Å². The lowest BCUT2D eigenvalue weighted by Crippen LogP contribution is -2.25. The van der Waals surface area contributed by atoms with E-state index in [-0.39, 0.29) is 5.56 Å².